The van der Waals surface area contributed by atoms with Gasteiger partial charge in [-0.25, -0.2) is 0 Å². The Labute approximate surface area is 123 Å². The standard InChI is InChI=1S/2C4H12N3.2Li/c2*5-1-3-7-4-2-6;;/h2*1-6H2;;/q2*-1;2*+1. The molecule has 0 fully saturated rings. The van der Waals surface area contributed by atoms with Crippen molar-refractivity contribution in [2.45, 2.75) is 0 Å². The summed E-state index contributed by atoms with van der Waals surface area (Å²) in [4.78, 5) is 0. The number of hydrogen-bond donors (Lipinski definition) is 4. The molecular formula is C8H24Li2N6. The third-order valence-electron chi connectivity index (χ3n) is 1.15. The van der Waals surface area contributed by atoms with Gasteiger partial charge in [0.25, 0.3) is 0 Å². The number of nitrogens with zero attached hydrogens (tertiary/aromatic N) is 2. The first-order valence-corrected chi connectivity index (χ1v) is 4.90. The molecule has 8 N–H and O–H groups in total. The van der Waals surface area contributed by atoms with Crippen LogP contribution in [0.4, 0.5) is 0 Å². The molecule has 6 nitrogen and oxygen atoms in total. The number of rotatable bonds is 8. The molecular weight excluding hydrogens is 194 g/mol. The molecule has 0 spiro atoms. The summed E-state index contributed by atoms with van der Waals surface area (Å²) in [5.74, 6) is 0. The average Bonchev–Trinajstić information content (AvgIpc) is 2.21. The molecule has 0 atom stereocenters. The van der Waals surface area contributed by atoms with E-state index in [2.05, 4.69) is 10.6 Å². The van der Waals surface area contributed by atoms with Crippen LogP contribution in [0.3, 0.4) is 0 Å². The van der Waals surface area contributed by atoms with E-state index in [0.717, 1.165) is 26.2 Å². The predicted octanol–water partition coefficient (Wildman–Crippen LogP) is -7.44. The largest absolute Gasteiger partial charge is 1.00 e. The van der Waals surface area contributed by atoms with Crippen molar-refractivity contribution < 1.29 is 37.7 Å². The smallest absolute Gasteiger partial charge is 0.660 e. The fourth-order valence-electron chi connectivity index (χ4n) is 0.589. The second-order valence-corrected chi connectivity index (χ2v) is 2.50. The molecule has 0 aromatic rings. The van der Waals surface area contributed by atoms with Gasteiger partial charge in [0.2, 0.25) is 0 Å². The van der Waals surface area contributed by atoms with E-state index in [-0.39, 0.29) is 37.7 Å². The summed E-state index contributed by atoms with van der Waals surface area (Å²) >= 11 is 0. The molecule has 0 saturated heterocycles. The minimum absolute atomic E-state index is 0. The first kappa shape index (κ1) is 25.7. The van der Waals surface area contributed by atoms with Crippen LogP contribution < -0.4 is 60.7 Å². The van der Waals surface area contributed by atoms with Crippen LogP contribution >= 0.6 is 0 Å². The maximum atomic E-state index is 5.13. The van der Waals surface area contributed by atoms with E-state index >= 15 is 0 Å². The maximum Gasteiger partial charge on any atom is 1.00 e. The van der Waals surface area contributed by atoms with E-state index in [1.165, 1.54) is 0 Å². The van der Waals surface area contributed by atoms with Crippen LogP contribution in [0.2, 0.25) is 0 Å². The molecule has 0 rings (SSSR count). The summed E-state index contributed by atoms with van der Waals surface area (Å²) in [5.41, 5.74) is 20.5. The predicted molar refractivity (Wildman–Crippen MR) is 62.4 cm³/mol. The van der Waals surface area contributed by atoms with Crippen LogP contribution in [0.15, 0.2) is 0 Å². The molecule has 0 heterocycles. The van der Waals surface area contributed by atoms with Crippen LogP contribution in [0.25, 0.3) is 10.6 Å². The number of nitrogens with two attached hydrogens (primary N) is 4. The summed E-state index contributed by atoms with van der Waals surface area (Å²) in [6.07, 6.45) is 0. The monoisotopic (exact) mass is 218 g/mol. The topological polar surface area (TPSA) is 132 Å². The van der Waals surface area contributed by atoms with E-state index in [1.54, 1.807) is 0 Å². The van der Waals surface area contributed by atoms with Crippen molar-refractivity contribution in [2.75, 3.05) is 52.4 Å². The van der Waals surface area contributed by atoms with Crippen LogP contribution in [0, 0.1) is 0 Å². The minimum atomic E-state index is 0. The first-order chi connectivity index (χ1) is 6.83. The van der Waals surface area contributed by atoms with Gasteiger partial charge in [-0.05, 0) is 26.2 Å². The molecule has 0 radical (unpaired) electrons. The molecule has 0 aliphatic heterocycles. The molecule has 88 valence electrons. The van der Waals surface area contributed by atoms with Gasteiger partial charge >= 0.3 is 37.7 Å². The number of hydrogen-bond acceptors (Lipinski definition) is 4. The minimum Gasteiger partial charge on any atom is -0.660 e. The molecule has 16 heavy (non-hydrogen) atoms. The van der Waals surface area contributed by atoms with Crippen molar-refractivity contribution in [3.8, 4) is 0 Å². The summed E-state index contributed by atoms with van der Waals surface area (Å²) in [6.45, 7) is 5.54. The summed E-state index contributed by atoms with van der Waals surface area (Å²) in [6, 6.07) is 0. The van der Waals surface area contributed by atoms with E-state index in [0.29, 0.717) is 26.2 Å². The zero-order valence-corrected chi connectivity index (χ0v) is 10.9. The van der Waals surface area contributed by atoms with Gasteiger partial charge in [-0.15, -0.1) is 26.2 Å². The fraction of sp³-hybridized carbons (Fsp3) is 1.00. The van der Waals surface area contributed by atoms with E-state index < -0.39 is 0 Å². The first-order valence-electron chi connectivity index (χ1n) is 4.90. The molecule has 0 aliphatic carbocycles. The zero-order valence-electron chi connectivity index (χ0n) is 10.9. The van der Waals surface area contributed by atoms with Gasteiger partial charge in [-0.1, -0.05) is 0 Å². The molecule has 0 aliphatic rings. The van der Waals surface area contributed by atoms with Gasteiger partial charge in [0.1, 0.15) is 0 Å². The molecule has 8 heteroatoms. The second-order valence-electron chi connectivity index (χ2n) is 2.50. The van der Waals surface area contributed by atoms with Gasteiger partial charge in [-0.2, -0.15) is 0 Å². The van der Waals surface area contributed by atoms with Gasteiger partial charge in [0.15, 0.2) is 0 Å². The van der Waals surface area contributed by atoms with E-state index in [4.69, 9.17) is 22.9 Å². The van der Waals surface area contributed by atoms with E-state index in [1.807, 2.05) is 0 Å². The Morgan fingerprint density at radius 2 is 0.688 bits per heavy atom. The Morgan fingerprint density at radius 3 is 0.812 bits per heavy atom. The molecule has 0 amide bonds. The molecule has 0 bridgehead atoms. The van der Waals surface area contributed by atoms with Crippen molar-refractivity contribution in [3.63, 3.8) is 0 Å². The Kier molecular flexibility index (Phi) is 47.8. The van der Waals surface area contributed by atoms with Crippen molar-refractivity contribution in [2.24, 2.45) is 22.9 Å². The normalized spacial score (nSPS) is 8.25. The maximum absolute atomic E-state index is 5.13. The molecule has 0 aromatic carbocycles. The van der Waals surface area contributed by atoms with Gasteiger partial charge in [0.05, 0.1) is 0 Å². The van der Waals surface area contributed by atoms with Gasteiger partial charge < -0.3 is 33.6 Å². The average molecular weight is 218 g/mol. The van der Waals surface area contributed by atoms with Crippen LogP contribution in [0.5, 0.6) is 0 Å². The summed E-state index contributed by atoms with van der Waals surface area (Å²) in [5, 5.41) is 7.92. The quantitative estimate of drug-likeness (QED) is 0.238. The summed E-state index contributed by atoms with van der Waals surface area (Å²) in [7, 11) is 0. The SMILES string of the molecule is NCC[N-]CCN.NCC[N-]CCN.[Li+].[Li+]. The fourth-order valence-corrected chi connectivity index (χ4v) is 0.589. The van der Waals surface area contributed by atoms with Crippen molar-refractivity contribution in [3.05, 3.63) is 10.6 Å². The Bertz CT molecular complexity index is 70.9. The molecule has 0 unspecified atom stereocenters. The van der Waals surface area contributed by atoms with E-state index in [9.17, 15) is 0 Å². The Balaban J connectivity index is -0.0000000800. The van der Waals surface area contributed by atoms with Crippen molar-refractivity contribution >= 4 is 0 Å². The zero-order chi connectivity index (χ0) is 11.1. The second kappa shape index (κ2) is 29.7. The van der Waals surface area contributed by atoms with Crippen molar-refractivity contribution in [1.82, 2.24) is 0 Å². The van der Waals surface area contributed by atoms with Gasteiger partial charge in [-0.3, -0.25) is 0 Å². The van der Waals surface area contributed by atoms with Crippen LogP contribution in [0.1, 0.15) is 0 Å². The Hall–Kier alpha value is 0.955. The van der Waals surface area contributed by atoms with Crippen molar-refractivity contribution in [1.29, 1.82) is 0 Å². The van der Waals surface area contributed by atoms with Crippen LogP contribution in [-0.4, -0.2) is 52.4 Å². The Morgan fingerprint density at radius 1 is 0.500 bits per heavy atom. The van der Waals surface area contributed by atoms with Gasteiger partial charge in [0, 0.05) is 0 Å². The third kappa shape index (κ3) is 36.3. The molecule has 0 saturated carbocycles. The third-order valence-corrected chi connectivity index (χ3v) is 1.15. The summed E-state index contributed by atoms with van der Waals surface area (Å²) < 4.78 is 0. The molecule has 0 aromatic heterocycles. The van der Waals surface area contributed by atoms with Crippen LogP contribution in [-0.2, 0) is 0 Å².